The van der Waals surface area contributed by atoms with Gasteiger partial charge in [-0.2, -0.15) is 0 Å². The van der Waals surface area contributed by atoms with Gasteiger partial charge in [0.15, 0.2) is 0 Å². The Bertz CT molecular complexity index is 528. The average molecular weight is 301 g/mol. The van der Waals surface area contributed by atoms with Gasteiger partial charge in [-0.15, -0.1) is 0 Å². The lowest BCUT2D eigenvalue weighted by atomic mass is 9.98. The van der Waals surface area contributed by atoms with Crippen LogP contribution in [-0.4, -0.2) is 28.7 Å². The number of primary sulfonamides is 1. The molecule has 0 aliphatic heterocycles. The minimum absolute atomic E-state index is 0.122. The van der Waals surface area contributed by atoms with E-state index in [1.165, 1.54) is 6.07 Å². The summed E-state index contributed by atoms with van der Waals surface area (Å²) < 4.78 is 33.5. The zero-order valence-corrected chi connectivity index (χ0v) is 13.1. The van der Waals surface area contributed by atoms with Crippen LogP contribution in [0.1, 0.15) is 38.2 Å². The number of benzene rings is 1. The van der Waals surface area contributed by atoms with Crippen molar-refractivity contribution in [2.45, 2.75) is 37.5 Å². The predicted octanol–water partition coefficient (Wildman–Crippen LogP) is 2.26. The van der Waals surface area contributed by atoms with Gasteiger partial charge in [0.05, 0.1) is 11.5 Å². The van der Waals surface area contributed by atoms with Gasteiger partial charge in [-0.05, 0) is 36.1 Å². The van der Waals surface area contributed by atoms with E-state index in [0.717, 1.165) is 18.4 Å². The number of sulfonamides is 1. The first-order chi connectivity index (χ1) is 9.40. The Morgan fingerprint density at radius 3 is 2.55 bits per heavy atom. The maximum absolute atomic E-state index is 11.4. The van der Waals surface area contributed by atoms with Crippen molar-refractivity contribution in [2.24, 2.45) is 5.14 Å². The molecule has 0 amide bonds. The normalized spacial score (nSPS) is 13.2. The second-order valence-electron chi connectivity index (χ2n) is 4.75. The van der Waals surface area contributed by atoms with Gasteiger partial charge in [0.1, 0.15) is 5.75 Å². The molecule has 5 nitrogen and oxygen atoms in total. The summed E-state index contributed by atoms with van der Waals surface area (Å²) in [5.74, 6) is 0.914. The van der Waals surface area contributed by atoms with Gasteiger partial charge in [-0.3, -0.25) is 0 Å². The lowest BCUT2D eigenvalue weighted by Gasteiger charge is -2.17. The summed E-state index contributed by atoms with van der Waals surface area (Å²) in [5, 5.41) is 5.17. The SMILES string of the molecule is CCC(C)c1cc(S(N)(=O)=O)ccc1OCCCOC. The van der Waals surface area contributed by atoms with E-state index in [0.29, 0.717) is 19.0 Å². The van der Waals surface area contributed by atoms with E-state index in [1.54, 1.807) is 19.2 Å². The molecule has 0 fully saturated rings. The molecular formula is C14H23NO4S. The van der Waals surface area contributed by atoms with E-state index in [4.69, 9.17) is 14.6 Å². The van der Waals surface area contributed by atoms with E-state index in [2.05, 4.69) is 0 Å². The van der Waals surface area contributed by atoms with Gasteiger partial charge >= 0.3 is 0 Å². The standard InChI is InChI=1S/C14H23NO4S/c1-4-11(2)13-10-12(20(15,16)17)6-7-14(13)19-9-5-8-18-3/h6-7,10-11H,4-5,8-9H2,1-3H3,(H2,15,16,17). The van der Waals surface area contributed by atoms with Crippen LogP contribution >= 0.6 is 0 Å². The number of nitrogens with two attached hydrogens (primary N) is 1. The van der Waals surface area contributed by atoms with Crippen molar-refractivity contribution in [3.63, 3.8) is 0 Å². The Hall–Kier alpha value is -1.11. The first kappa shape index (κ1) is 16.9. The Morgan fingerprint density at radius 2 is 2.00 bits per heavy atom. The molecule has 0 aliphatic rings. The van der Waals surface area contributed by atoms with Crippen LogP contribution in [0.25, 0.3) is 0 Å². The van der Waals surface area contributed by atoms with Crippen LogP contribution in [-0.2, 0) is 14.8 Å². The van der Waals surface area contributed by atoms with E-state index < -0.39 is 10.0 Å². The zero-order chi connectivity index (χ0) is 15.2. The highest BCUT2D eigenvalue weighted by Crippen LogP contribution is 2.31. The van der Waals surface area contributed by atoms with Crippen LogP contribution in [0.2, 0.25) is 0 Å². The molecule has 0 aromatic heterocycles. The number of hydrogen-bond acceptors (Lipinski definition) is 4. The lowest BCUT2D eigenvalue weighted by Crippen LogP contribution is -2.13. The molecule has 0 heterocycles. The van der Waals surface area contributed by atoms with Crippen molar-refractivity contribution < 1.29 is 17.9 Å². The molecule has 1 aromatic carbocycles. The Balaban J connectivity index is 2.98. The fourth-order valence-electron chi connectivity index (χ4n) is 1.83. The van der Waals surface area contributed by atoms with Crippen molar-refractivity contribution in [3.05, 3.63) is 23.8 Å². The Kier molecular flexibility index (Phi) is 6.45. The topological polar surface area (TPSA) is 78.6 Å². The van der Waals surface area contributed by atoms with Crippen LogP contribution < -0.4 is 9.88 Å². The summed E-state index contributed by atoms with van der Waals surface area (Å²) >= 11 is 0. The summed E-state index contributed by atoms with van der Waals surface area (Å²) in [6.07, 6.45) is 1.68. The molecule has 0 saturated carbocycles. The summed E-state index contributed by atoms with van der Waals surface area (Å²) in [6, 6.07) is 4.76. The van der Waals surface area contributed by atoms with Crippen molar-refractivity contribution in [1.29, 1.82) is 0 Å². The van der Waals surface area contributed by atoms with Crippen LogP contribution in [0.5, 0.6) is 5.75 Å². The van der Waals surface area contributed by atoms with E-state index in [9.17, 15) is 8.42 Å². The maximum Gasteiger partial charge on any atom is 0.238 e. The first-order valence-electron chi connectivity index (χ1n) is 6.68. The molecule has 0 aliphatic carbocycles. The van der Waals surface area contributed by atoms with Gasteiger partial charge in [0.25, 0.3) is 0 Å². The molecule has 0 saturated heterocycles. The van der Waals surface area contributed by atoms with Crippen molar-refractivity contribution in [2.75, 3.05) is 20.3 Å². The molecule has 20 heavy (non-hydrogen) atoms. The van der Waals surface area contributed by atoms with Crippen LogP contribution in [0.15, 0.2) is 23.1 Å². The van der Waals surface area contributed by atoms with Crippen LogP contribution in [0.4, 0.5) is 0 Å². The van der Waals surface area contributed by atoms with E-state index in [-0.39, 0.29) is 10.8 Å². The smallest absolute Gasteiger partial charge is 0.238 e. The second-order valence-corrected chi connectivity index (χ2v) is 6.31. The molecule has 1 unspecified atom stereocenters. The largest absolute Gasteiger partial charge is 0.493 e. The fourth-order valence-corrected chi connectivity index (χ4v) is 2.37. The lowest BCUT2D eigenvalue weighted by molar-refractivity contribution is 0.171. The highest BCUT2D eigenvalue weighted by atomic mass is 32.2. The maximum atomic E-state index is 11.4. The quantitative estimate of drug-likeness (QED) is 0.747. The van der Waals surface area contributed by atoms with Gasteiger partial charge in [0.2, 0.25) is 10.0 Å². The third-order valence-corrected chi connectivity index (χ3v) is 4.11. The molecule has 1 aromatic rings. The zero-order valence-electron chi connectivity index (χ0n) is 12.3. The minimum atomic E-state index is -3.69. The molecule has 114 valence electrons. The Morgan fingerprint density at radius 1 is 1.30 bits per heavy atom. The summed E-state index contributed by atoms with van der Waals surface area (Å²) in [6.45, 7) is 5.24. The molecule has 6 heteroatoms. The molecule has 2 N–H and O–H groups in total. The van der Waals surface area contributed by atoms with E-state index in [1.807, 2.05) is 13.8 Å². The number of hydrogen-bond donors (Lipinski definition) is 1. The highest BCUT2D eigenvalue weighted by molar-refractivity contribution is 7.89. The molecule has 1 atom stereocenters. The van der Waals surface area contributed by atoms with Gasteiger partial charge < -0.3 is 9.47 Å². The van der Waals surface area contributed by atoms with Crippen molar-refractivity contribution in [1.82, 2.24) is 0 Å². The number of ether oxygens (including phenoxy) is 2. The molecule has 0 spiro atoms. The third-order valence-electron chi connectivity index (χ3n) is 3.20. The average Bonchev–Trinajstić information content (AvgIpc) is 2.41. The number of rotatable bonds is 8. The monoisotopic (exact) mass is 301 g/mol. The predicted molar refractivity (Wildman–Crippen MR) is 78.5 cm³/mol. The van der Waals surface area contributed by atoms with Gasteiger partial charge in [-0.1, -0.05) is 13.8 Å². The van der Waals surface area contributed by atoms with Crippen LogP contribution in [0.3, 0.4) is 0 Å². The van der Waals surface area contributed by atoms with Crippen molar-refractivity contribution >= 4 is 10.0 Å². The second kappa shape index (κ2) is 7.61. The van der Waals surface area contributed by atoms with E-state index >= 15 is 0 Å². The molecule has 1 rings (SSSR count). The molecule has 0 bridgehead atoms. The van der Waals surface area contributed by atoms with Crippen molar-refractivity contribution in [3.8, 4) is 5.75 Å². The molecule has 0 radical (unpaired) electrons. The highest BCUT2D eigenvalue weighted by Gasteiger charge is 2.15. The fraction of sp³-hybridized carbons (Fsp3) is 0.571. The first-order valence-corrected chi connectivity index (χ1v) is 8.23. The number of methoxy groups -OCH3 is 1. The summed E-state index contributed by atoms with van der Waals surface area (Å²) in [7, 11) is -2.04. The molecular weight excluding hydrogens is 278 g/mol. The third kappa shape index (κ3) is 4.77. The van der Waals surface area contributed by atoms with Gasteiger partial charge in [-0.25, -0.2) is 13.6 Å². The minimum Gasteiger partial charge on any atom is -0.493 e. The van der Waals surface area contributed by atoms with Gasteiger partial charge in [0, 0.05) is 20.1 Å². The summed E-state index contributed by atoms with van der Waals surface area (Å²) in [5.41, 5.74) is 0.872. The Labute approximate surface area is 121 Å². The van der Waals surface area contributed by atoms with Crippen LogP contribution in [0, 0.1) is 0 Å². The summed E-state index contributed by atoms with van der Waals surface area (Å²) in [4.78, 5) is 0.122.